The molecule has 0 aliphatic heterocycles. The maximum atomic E-state index is 12.2. The number of benzene rings is 1. The highest BCUT2D eigenvalue weighted by Gasteiger charge is 2.23. The van der Waals surface area contributed by atoms with E-state index in [0.29, 0.717) is 10.4 Å². The van der Waals surface area contributed by atoms with Crippen LogP contribution in [-0.2, 0) is 4.79 Å². The molecule has 1 amide bonds. The van der Waals surface area contributed by atoms with Crippen molar-refractivity contribution >= 4 is 34.1 Å². The summed E-state index contributed by atoms with van der Waals surface area (Å²) in [5.74, 6) is -1.52. The number of aliphatic carboxylic acids is 1. The first-order chi connectivity index (χ1) is 10.1. The van der Waals surface area contributed by atoms with Crippen molar-refractivity contribution in [1.82, 2.24) is 15.5 Å². The monoisotopic (exact) mass is 301 g/mol. The van der Waals surface area contributed by atoms with E-state index in [4.69, 9.17) is 0 Å². The third kappa shape index (κ3) is 2.63. The number of carbonyl (C=O) groups is 2. The molecule has 3 N–H and O–H groups in total. The molecule has 0 fully saturated rings. The van der Waals surface area contributed by atoms with Gasteiger partial charge in [0.25, 0.3) is 5.91 Å². The molecule has 3 aromatic rings. The Labute approximate surface area is 123 Å². The number of thiophene rings is 1. The van der Waals surface area contributed by atoms with Gasteiger partial charge in [-0.1, -0.05) is 6.07 Å². The third-order valence-corrected chi connectivity index (χ3v) is 3.99. The van der Waals surface area contributed by atoms with E-state index in [9.17, 15) is 14.7 Å². The number of rotatable bonds is 4. The van der Waals surface area contributed by atoms with Crippen LogP contribution < -0.4 is 5.32 Å². The average Bonchev–Trinajstić information content (AvgIpc) is 3.14. The largest absolute Gasteiger partial charge is 0.479 e. The summed E-state index contributed by atoms with van der Waals surface area (Å²) in [6.45, 7) is 0. The van der Waals surface area contributed by atoms with Gasteiger partial charge in [-0.15, -0.1) is 11.3 Å². The molecule has 2 heterocycles. The predicted octanol–water partition coefficient (Wildman–Crippen LogP) is 2.18. The number of fused-ring (bicyclic) bond motifs is 1. The predicted molar refractivity (Wildman–Crippen MR) is 78.3 cm³/mol. The Bertz CT molecular complexity index is 795. The highest BCUT2D eigenvalue weighted by Crippen LogP contribution is 2.20. The number of carbonyl (C=O) groups excluding carboxylic acids is 1. The van der Waals surface area contributed by atoms with E-state index in [2.05, 4.69) is 15.5 Å². The van der Waals surface area contributed by atoms with E-state index in [1.54, 1.807) is 41.9 Å². The van der Waals surface area contributed by atoms with Gasteiger partial charge in [-0.05, 0) is 29.6 Å². The van der Waals surface area contributed by atoms with E-state index in [0.717, 1.165) is 10.9 Å². The van der Waals surface area contributed by atoms with E-state index >= 15 is 0 Å². The molecule has 0 bridgehead atoms. The molecule has 1 atom stereocenters. The van der Waals surface area contributed by atoms with E-state index < -0.39 is 17.9 Å². The first-order valence-electron chi connectivity index (χ1n) is 6.15. The zero-order chi connectivity index (χ0) is 14.8. The first-order valence-corrected chi connectivity index (χ1v) is 7.03. The summed E-state index contributed by atoms with van der Waals surface area (Å²) in [4.78, 5) is 24.1. The quantitative estimate of drug-likeness (QED) is 0.688. The van der Waals surface area contributed by atoms with Crippen LogP contribution in [0.5, 0.6) is 0 Å². The van der Waals surface area contributed by atoms with Crippen LogP contribution in [0.1, 0.15) is 21.3 Å². The Balaban J connectivity index is 1.85. The topological polar surface area (TPSA) is 95.1 Å². The molecule has 2 aromatic heterocycles. The van der Waals surface area contributed by atoms with Gasteiger partial charge in [-0.2, -0.15) is 5.10 Å². The van der Waals surface area contributed by atoms with Gasteiger partial charge in [-0.3, -0.25) is 9.89 Å². The average molecular weight is 301 g/mol. The van der Waals surface area contributed by atoms with Gasteiger partial charge in [0.2, 0.25) is 0 Å². The molecule has 0 spiro atoms. The van der Waals surface area contributed by atoms with Crippen LogP contribution in [0, 0.1) is 0 Å². The molecule has 1 unspecified atom stereocenters. The standard InChI is InChI=1S/C14H11N3O3S/c18-13(8-3-4-10-9(6-8)7-15-17-10)16-12(14(19)20)11-2-1-5-21-11/h1-7,12H,(H,15,17)(H,16,18)(H,19,20). The van der Waals surface area contributed by atoms with Gasteiger partial charge in [0.1, 0.15) is 0 Å². The molecular weight excluding hydrogens is 290 g/mol. The Kier molecular flexibility index (Phi) is 3.41. The van der Waals surface area contributed by atoms with E-state index in [-0.39, 0.29) is 0 Å². The van der Waals surface area contributed by atoms with Crippen LogP contribution in [0.4, 0.5) is 0 Å². The molecule has 106 valence electrons. The van der Waals surface area contributed by atoms with Crippen LogP contribution in [0.25, 0.3) is 10.9 Å². The number of carboxylic acids is 1. The van der Waals surface area contributed by atoms with Crippen molar-refractivity contribution in [3.8, 4) is 0 Å². The Morgan fingerprint density at radius 2 is 2.19 bits per heavy atom. The van der Waals surface area contributed by atoms with Crippen molar-refractivity contribution in [2.45, 2.75) is 6.04 Å². The van der Waals surface area contributed by atoms with E-state index in [1.165, 1.54) is 11.3 Å². The molecule has 0 aliphatic rings. The molecule has 0 aliphatic carbocycles. The number of nitrogens with zero attached hydrogens (tertiary/aromatic N) is 1. The number of nitrogens with one attached hydrogen (secondary N) is 2. The van der Waals surface area contributed by atoms with Crippen LogP contribution in [-0.4, -0.2) is 27.2 Å². The minimum absolute atomic E-state index is 0.395. The fourth-order valence-electron chi connectivity index (χ4n) is 2.01. The number of H-pyrrole nitrogens is 1. The zero-order valence-corrected chi connectivity index (χ0v) is 11.6. The zero-order valence-electron chi connectivity index (χ0n) is 10.7. The molecule has 0 saturated heterocycles. The molecule has 3 rings (SSSR count). The smallest absolute Gasteiger partial charge is 0.331 e. The third-order valence-electron chi connectivity index (χ3n) is 3.05. The summed E-state index contributed by atoms with van der Waals surface area (Å²) >= 11 is 1.29. The van der Waals surface area contributed by atoms with Gasteiger partial charge < -0.3 is 10.4 Å². The first kappa shape index (κ1) is 13.3. The second-order valence-corrected chi connectivity index (χ2v) is 5.41. The summed E-state index contributed by atoms with van der Waals surface area (Å²) in [5.41, 5.74) is 1.21. The number of hydrogen-bond acceptors (Lipinski definition) is 4. The molecule has 0 saturated carbocycles. The number of aromatic nitrogens is 2. The fraction of sp³-hybridized carbons (Fsp3) is 0.0714. The van der Waals surface area contributed by atoms with Gasteiger partial charge in [0, 0.05) is 15.8 Å². The SMILES string of the molecule is O=C(NC(C(=O)O)c1cccs1)c1ccc2[nH]ncc2c1. The lowest BCUT2D eigenvalue weighted by atomic mass is 10.1. The van der Waals surface area contributed by atoms with Crippen LogP contribution in [0.15, 0.2) is 41.9 Å². The molecular formula is C14H11N3O3S. The van der Waals surface area contributed by atoms with Gasteiger partial charge in [0.05, 0.1) is 11.7 Å². The summed E-state index contributed by atoms with van der Waals surface area (Å²) < 4.78 is 0. The second-order valence-electron chi connectivity index (χ2n) is 4.43. The van der Waals surface area contributed by atoms with Crippen molar-refractivity contribution in [1.29, 1.82) is 0 Å². The molecule has 6 nitrogen and oxygen atoms in total. The maximum Gasteiger partial charge on any atom is 0.331 e. The summed E-state index contributed by atoms with van der Waals surface area (Å²) in [6, 6.07) is 7.42. The minimum atomic E-state index is -1.09. The second kappa shape index (κ2) is 5.37. The van der Waals surface area contributed by atoms with Crippen molar-refractivity contribution in [2.75, 3.05) is 0 Å². The lowest BCUT2D eigenvalue weighted by Crippen LogP contribution is -2.33. The number of carboxylic acid groups (broad SMARTS) is 1. The Morgan fingerprint density at radius 1 is 1.33 bits per heavy atom. The fourth-order valence-corrected chi connectivity index (χ4v) is 2.78. The summed E-state index contributed by atoms with van der Waals surface area (Å²) in [7, 11) is 0. The van der Waals surface area contributed by atoms with Crippen LogP contribution in [0.2, 0.25) is 0 Å². The minimum Gasteiger partial charge on any atom is -0.479 e. The van der Waals surface area contributed by atoms with E-state index in [1.807, 2.05) is 0 Å². The maximum absolute atomic E-state index is 12.2. The van der Waals surface area contributed by atoms with Crippen molar-refractivity contribution in [3.05, 3.63) is 52.3 Å². The summed E-state index contributed by atoms with van der Waals surface area (Å²) in [6.07, 6.45) is 1.61. The van der Waals surface area contributed by atoms with Crippen LogP contribution in [0.3, 0.4) is 0 Å². The highest BCUT2D eigenvalue weighted by molar-refractivity contribution is 7.10. The molecule has 1 aromatic carbocycles. The van der Waals surface area contributed by atoms with Crippen LogP contribution >= 0.6 is 11.3 Å². The number of amides is 1. The number of aromatic amines is 1. The number of hydrogen-bond donors (Lipinski definition) is 3. The lowest BCUT2D eigenvalue weighted by Gasteiger charge is -2.13. The highest BCUT2D eigenvalue weighted by atomic mass is 32.1. The van der Waals surface area contributed by atoms with Gasteiger partial charge >= 0.3 is 5.97 Å². The summed E-state index contributed by atoms with van der Waals surface area (Å²) in [5, 5.41) is 21.0. The van der Waals surface area contributed by atoms with Crippen molar-refractivity contribution in [3.63, 3.8) is 0 Å². The Hall–Kier alpha value is -2.67. The Morgan fingerprint density at radius 3 is 2.90 bits per heavy atom. The molecule has 7 heteroatoms. The van der Waals surface area contributed by atoms with Gasteiger partial charge in [0.15, 0.2) is 6.04 Å². The van der Waals surface area contributed by atoms with Crippen molar-refractivity contribution in [2.24, 2.45) is 0 Å². The molecule has 0 radical (unpaired) electrons. The lowest BCUT2D eigenvalue weighted by molar-refractivity contribution is -0.139. The molecule has 21 heavy (non-hydrogen) atoms. The normalized spacial score (nSPS) is 12.2. The van der Waals surface area contributed by atoms with Gasteiger partial charge in [-0.25, -0.2) is 4.79 Å². The van der Waals surface area contributed by atoms with Crippen molar-refractivity contribution < 1.29 is 14.7 Å².